The molecule has 0 bridgehead atoms. The van der Waals surface area contributed by atoms with Crippen LogP contribution in [0.2, 0.25) is 0 Å². The van der Waals surface area contributed by atoms with E-state index in [2.05, 4.69) is 35.2 Å². The Morgan fingerprint density at radius 3 is 2.72 bits per heavy atom. The Balaban J connectivity index is 1.79. The van der Waals surface area contributed by atoms with Gasteiger partial charge in [0.2, 0.25) is 0 Å². The van der Waals surface area contributed by atoms with Crippen LogP contribution in [0.4, 0.5) is 0 Å². The molecule has 0 radical (unpaired) electrons. The molecule has 2 rings (SSSR count). The molecule has 1 saturated heterocycles. The van der Waals surface area contributed by atoms with Crippen LogP contribution < -0.4 is 5.32 Å². The monoisotopic (exact) mass is 250 g/mol. The summed E-state index contributed by atoms with van der Waals surface area (Å²) in [6.45, 7) is 8.22. The molecular weight excluding hydrogens is 224 g/mol. The molecule has 0 amide bonds. The number of aryl methyl sites for hydroxylation is 1. The lowest BCUT2D eigenvalue weighted by Crippen LogP contribution is -2.43. The van der Waals surface area contributed by atoms with Crippen molar-refractivity contribution in [1.82, 2.24) is 20.0 Å². The molecule has 0 aromatic carbocycles. The summed E-state index contributed by atoms with van der Waals surface area (Å²) in [5.41, 5.74) is 1.27. The summed E-state index contributed by atoms with van der Waals surface area (Å²) >= 11 is 0. The molecular formula is C14H26N4. The first-order chi connectivity index (χ1) is 8.70. The zero-order valence-electron chi connectivity index (χ0n) is 11.9. The highest BCUT2D eigenvalue weighted by Crippen LogP contribution is 2.16. The molecule has 2 heterocycles. The quantitative estimate of drug-likeness (QED) is 0.867. The Hall–Kier alpha value is -0.870. The summed E-state index contributed by atoms with van der Waals surface area (Å²) in [7, 11) is 2.01. The number of piperidine rings is 1. The van der Waals surface area contributed by atoms with E-state index in [4.69, 9.17) is 0 Å². The van der Waals surface area contributed by atoms with E-state index in [0.29, 0.717) is 12.1 Å². The van der Waals surface area contributed by atoms with Crippen molar-refractivity contribution in [2.45, 2.75) is 45.2 Å². The number of hydrogen-bond donors (Lipinski definition) is 1. The lowest BCUT2D eigenvalue weighted by Gasteiger charge is -2.33. The van der Waals surface area contributed by atoms with Crippen molar-refractivity contribution < 1.29 is 0 Å². The van der Waals surface area contributed by atoms with Gasteiger partial charge in [0.05, 0.1) is 5.69 Å². The summed E-state index contributed by atoms with van der Waals surface area (Å²) in [6, 6.07) is 3.15. The maximum atomic E-state index is 4.24. The standard InChI is InChI=1S/C14H26N4/c1-4-9-18-10-6-13(7-11-18)16-12(2)14-5-8-15-17(14)3/h5,8,12-13,16H,4,6-7,9-11H2,1-3H3. The summed E-state index contributed by atoms with van der Waals surface area (Å²) in [6.07, 6.45) is 5.67. The van der Waals surface area contributed by atoms with Crippen LogP contribution in [-0.2, 0) is 7.05 Å². The highest BCUT2D eigenvalue weighted by atomic mass is 15.3. The molecule has 1 aromatic heterocycles. The first kappa shape index (κ1) is 13.6. The van der Waals surface area contributed by atoms with Crippen LogP contribution in [-0.4, -0.2) is 40.4 Å². The van der Waals surface area contributed by atoms with Gasteiger partial charge in [-0.25, -0.2) is 0 Å². The smallest absolute Gasteiger partial charge is 0.0547 e. The maximum Gasteiger partial charge on any atom is 0.0547 e. The average Bonchev–Trinajstić information content (AvgIpc) is 2.78. The van der Waals surface area contributed by atoms with Crippen LogP contribution in [0.1, 0.15) is 44.8 Å². The topological polar surface area (TPSA) is 33.1 Å². The third kappa shape index (κ3) is 3.33. The minimum absolute atomic E-state index is 0.389. The zero-order valence-corrected chi connectivity index (χ0v) is 11.9. The number of likely N-dealkylation sites (tertiary alicyclic amines) is 1. The van der Waals surface area contributed by atoms with Crippen molar-refractivity contribution in [3.8, 4) is 0 Å². The summed E-state index contributed by atoms with van der Waals surface area (Å²) in [5, 5.41) is 7.97. The fourth-order valence-corrected chi connectivity index (χ4v) is 2.89. The van der Waals surface area contributed by atoms with Gasteiger partial charge in [-0.3, -0.25) is 4.68 Å². The lowest BCUT2D eigenvalue weighted by molar-refractivity contribution is 0.191. The van der Waals surface area contributed by atoms with Crippen LogP contribution in [0.15, 0.2) is 12.3 Å². The Kier molecular flexibility index (Phi) is 4.78. The SMILES string of the molecule is CCCN1CCC(NC(C)c2ccnn2C)CC1. The van der Waals surface area contributed by atoms with Crippen molar-refractivity contribution in [2.75, 3.05) is 19.6 Å². The largest absolute Gasteiger partial charge is 0.306 e. The molecule has 102 valence electrons. The van der Waals surface area contributed by atoms with Crippen LogP contribution >= 0.6 is 0 Å². The normalized spacial score (nSPS) is 20.2. The van der Waals surface area contributed by atoms with Crippen LogP contribution in [0.25, 0.3) is 0 Å². The Morgan fingerprint density at radius 2 is 2.17 bits per heavy atom. The molecule has 1 fully saturated rings. The molecule has 18 heavy (non-hydrogen) atoms. The van der Waals surface area contributed by atoms with Gasteiger partial charge in [-0.1, -0.05) is 6.92 Å². The molecule has 1 aromatic rings. The van der Waals surface area contributed by atoms with Gasteiger partial charge in [0.25, 0.3) is 0 Å². The van der Waals surface area contributed by atoms with Crippen molar-refractivity contribution in [3.63, 3.8) is 0 Å². The van der Waals surface area contributed by atoms with Gasteiger partial charge in [0.15, 0.2) is 0 Å². The second-order valence-corrected chi connectivity index (χ2v) is 5.38. The molecule has 1 aliphatic heterocycles. The summed E-state index contributed by atoms with van der Waals surface area (Å²) < 4.78 is 1.96. The van der Waals surface area contributed by atoms with E-state index >= 15 is 0 Å². The number of aromatic nitrogens is 2. The molecule has 4 heteroatoms. The molecule has 0 saturated carbocycles. The number of hydrogen-bond acceptors (Lipinski definition) is 3. The molecule has 4 nitrogen and oxygen atoms in total. The minimum Gasteiger partial charge on any atom is -0.306 e. The summed E-state index contributed by atoms with van der Waals surface area (Å²) in [4.78, 5) is 2.58. The van der Waals surface area contributed by atoms with E-state index in [1.165, 1.54) is 44.6 Å². The molecule has 0 spiro atoms. The lowest BCUT2D eigenvalue weighted by atomic mass is 10.0. The van der Waals surface area contributed by atoms with Gasteiger partial charge in [-0.05, 0) is 51.9 Å². The first-order valence-electron chi connectivity index (χ1n) is 7.17. The maximum absolute atomic E-state index is 4.24. The van der Waals surface area contributed by atoms with Gasteiger partial charge in [-0.2, -0.15) is 5.10 Å². The zero-order chi connectivity index (χ0) is 13.0. The highest BCUT2D eigenvalue weighted by molar-refractivity contribution is 5.05. The highest BCUT2D eigenvalue weighted by Gasteiger charge is 2.21. The fourth-order valence-electron chi connectivity index (χ4n) is 2.89. The van der Waals surface area contributed by atoms with E-state index in [0.717, 1.165) is 0 Å². The number of nitrogens with one attached hydrogen (secondary N) is 1. The van der Waals surface area contributed by atoms with E-state index in [-0.39, 0.29) is 0 Å². The second kappa shape index (κ2) is 6.34. The van der Waals surface area contributed by atoms with Gasteiger partial charge in [0, 0.05) is 25.3 Å². The first-order valence-corrected chi connectivity index (χ1v) is 7.17. The predicted octanol–water partition coefficient (Wildman–Crippen LogP) is 1.95. The number of nitrogens with zero attached hydrogens (tertiary/aromatic N) is 3. The van der Waals surface area contributed by atoms with Gasteiger partial charge in [0.1, 0.15) is 0 Å². The van der Waals surface area contributed by atoms with Gasteiger partial charge >= 0.3 is 0 Å². The van der Waals surface area contributed by atoms with Crippen molar-refractivity contribution in [3.05, 3.63) is 18.0 Å². The Labute approximate surface area is 110 Å². The van der Waals surface area contributed by atoms with Gasteiger partial charge in [-0.15, -0.1) is 0 Å². The summed E-state index contributed by atoms with van der Waals surface area (Å²) in [5.74, 6) is 0. The molecule has 1 aliphatic rings. The van der Waals surface area contributed by atoms with Crippen molar-refractivity contribution >= 4 is 0 Å². The van der Waals surface area contributed by atoms with E-state index in [9.17, 15) is 0 Å². The Bertz CT molecular complexity index is 352. The van der Waals surface area contributed by atoms with Crippen LogP contribution in [0, 0.1) is 0 Å². The number of rotatable bonds is 5. The van der Waals surface area contributed by atoms with Gasteiger partial charge < -0.3 is 10.2 Å². The second-order valence-electron chi connectivity index (χ2n) is 5.38. The molecule has 0 aliphatic carbocycles. The van der Waals surface area contributed by atoms with E-state index in [1.807, 2.05) is 17.9 Å². The van der Waals surface area contributed by atoms with Crippen molar-refractivity contribution in [1.29, 1.82) is 0 Å². The Morgan fingerprint density at radius 1 is 1.44 bits per heavy atom. The molecule has 1 unspecified atom stereocenters. The molecule has 1 N–H and O–H groups in total. The van der Waals surface area contributed by atoms with E-state index < -0.39 is 0 Å². The average molecular weight is 250 g/mol. The predicted molar refractivity (Wildman–Crippen MR) is 74.5 cm³/mol. The third-order valence-electron chi connectivity index (χ3n) is 3.92. The fraction of sp³-hybridized carbons (Fsp3) is 0.786. The molecule has 1 atom stereocenters. The van der Waals surface area contributed by atoms with Crippen molar-refractivity contribution in [2.24, 2.45) is 7.05 Å². The van der Waals surface area contributed by atoms with Crippen LogP contribution in [0.5, 0.6) is 0 Å². The minimum atomic E-state index is 0.389. The van der Waals surface area contributed by atoms with E-state index in [1.54, 1.807) is 0 Å². The third-order valence-corrected chi connectivity index (χ3v) is 3.92. The van der Waals surface area contributed by atoms with Crippen LogP contribution in [0.3, 0.4) is 0 Å².